The van der Waals surface area contributed by atoms with E-state index in [9.17, 15) is 4.79 Å². The second kappa shape index (κ2) is 6.59. The highest BCUT2D eigenvalue weighted by Gasteiger charge is 2.45. The molecule has 0 radical (unpaired) electrons. The van der Waals surface area contributed by atoms with Gasteiger partial charge >= 0.3 is 0 Å². The Morgan fingerprint density at radius 1 is 1.40 bits per heavy atom. The number of halogens is 1. The number of amides is 1. The molecule has 1 aromatic carbocycles. The van der Waals surface area contributed by atoms with Gasteiger partial charge in [0.2, 0.25) is 5.91 Å². The lowest BCUT2D eigenvalue weighted by molar-refractivity contribution is -0.125. The fraction of sp³-hybridized carbons (Fsp3) is 0.562. The van der Waals surface area contributed by atoms with Crippen LogP contribution in [0.3, 0.4) is 0 Å². The average molecular weight is 297 g/mol. The van der Waals surface area contributed by atoms with Crippen molar-refractivity contribution in [3.63, 3.8) is 0 Å². The minimum absolute atomic E-state index is 0. The molecule has 0 heterocycles. The van der Waals surface area contributed by atoms with E-state index < -0.39 is 0 Å². The molecule has 4 heteroatoms. The molecule has 0 aliphatic heterocycles. The Balaban J connectivity index is 0.00000200. The molecule has 3 atom stereocenters. The lowest BCUT2D eigenvalue weighted by atomic mass is 9.94. The van der Waals surface area contributed by atoms with Gasteiger partial charge in [-0.2, -0.15) is 0 Å². The van der Waals surface area contributed by atoms with E-state index in [0.29, 0.717) is 11.3 Å². The van der Waals surface area contributed by atoms with E-state index in [4.69, 9.17) is 5.73 Å². The molecule has 20 heavy (non-hydrogen) atoms. The van der Waals surface area contributed by atoms with Gasteiger partial charge in [-0.1, -0.05) is 51.1 Å². The van der Waals surface area contributed by atoms with Crippen molar-refractivity contribution in [3.05, 3.63) is 35.9 Å². The fourth-order valence-electron chi connectivity index (χ4n) is 2.44. The normalized spacial score (nSPS) is 22.3. The standard InChI is InChI=1S/C16H24N2O.ClH/c1-11(14(17)12-7-5-4-6-8-12)15(19)18-10-13-9-16(13,2)3;/h4-8,11,13-14H,9-10,17H2,1-3H3,(H,18,19);1H. The quantitative estimate of drug-likeness (QED) is 0.878. The molecule has 3 nitrogen and oxygen atoms in total. The summed E-state index contributed by atoms with van der Waals surface area (Å²) in [5.74, 6) is 0.472. The van der Waals surface area contributed by atoms with E-state index in [1.807, 2.05) is 37.3 Å². The number of benzene rings is 1. The van der Waals surface area contributed by atoms with Crippen molar-refractivity contribution in [2.45, 2.75) is 33.2 Å². The molecular formula is C16H25ClN2O. The average Bonchev–Trinajstić information content (AvgIpc) is 3.03. The number of carbonyl (C=O) groups excluding carboxylic acids is 1. The second-order valence-corrected chi connectivity index (χ2v) is 6.36. The number of carbonyl (C=O) groups is 1. The van der Waals surface area contributed by atoms with Crippen LogP contribution in [0.25, 0.3) is 0 Å². The lowest BCUT2D eigenvalue weighted by Gasteiger charge is -2.20. The summed E-state index contributed by atoms with van der Waals surface area (Å²) >= 11 is 0. The summed E-state index contributed by atoms with van der Waals surface area (Å²) in [6, 6.07) is 9.56. The molecule has 0 spiro atoms. The van der Waals surface area contributed by atoms with Crippen LogP contribution in [-0.4, -0.2) is 12.5 Å². The highest BCUT2D eigenvalue weighted by molar-refractivity contribution is 5.85. The van der Waals surface area contributed by atoms with E-state index >= 15 is 0 Å². The Hall–Kier alpha value is -1.06. The largest absolute Gasteiger partial charge is 0.356 e. The SMILES string of the molecule is CC(C(=O)NCC1CC1(C)C)C(N)c1ccccc1.Cl. The highest BCUT2D eigenvalue weighted by Crippen LogP contribution is 2.51. The molecule has 1 aromatic rings. The Morgan fingerprint density at radius 2 is 1.95 bits per heavy atom. The van der Waals surface area contributed by atoms with Crippen molar-refractivity contribution >= 4 is 18.3 Å². The molecule has 1 aliphatic carbocycles. The van der Waals surface area contributed by atoms with Crippen LogP contribution < -0.4 is 11.1 Å². The van der Waals surface area contributed by atoms with Gasteiger partial charge in [0.05, 0.1) is 5.92 Å². The molecule has 112 valence electrons. The summed E-state index contributed by atoms with van der Waals surface area (Å²) in [7, 11) is 0. The van der Waals surface area contributed by atoms with Gasteiger partial charge in [0.1, 0.15) is 0 Å². The first-order valence-corrected chi connectivity index (χ1v) is 7.00. The van der Waals surface area contributed by atoms with Crippen LogP contribution >= 0.6 is 12.4 Å². The predicted molar refractivity (Wildman–Crippen MR) is 84.7 cm³/mol. The predicted octanol–water partition coefficient (Wildman–Crippen LogP) is 2.91. The minimum atomic E-state index is -0.242. The van der Waals surface area contributed by atoms with Crippen molar-refractivity contribution in [3.8, 4) is 0 Å². The monoisotopic (exact) mass is 296 g/mol. The minimum Gasteiger partial charge on any atom is -0.356 e. The first-order chi connectivity index (χ1) is 8.92. The molecule has 2 rings (SSSR count). The van der Waals surface area contributed by atoms with Gasteiger partial charge < -0.3 is 11.1 Å². The van der Waals surface area contributed by atoms with Gasteiger partial charge in [0.15, 0.2) is 0 Å². The molecule has 0 bridgehead atoms. The third-order valence-corrected chi connectivity index (χ3v) is 4.38. The third kappa shape index (κ3) is 3.97. The van der Waals surface area contributed by atoms with Gasteiger partial charge in [-0.3, -0.25) is 4.79 Å². The number of hydrogen-bond acceptors (Lipinski definition) is 2. The van der Waals surface area contributed by atoms with Crippen LogP contribution in [0.2, 0.25) is 0 Å². The van der Waals surface area contributed by atoms with E-state index in [1.165, 1.54) is 6.42 Å². The van der Waals surface area contributed by atoms with Crippen molar-refractivity contribution in [1.29, 1.82) is 0 Å². The maximum atomic E-state index is 12.1. The summed E-state index contributed by atoms with van der Waals surface area (Å²) in [5.41, 5.74) is 7.57. The number of nitrogens with two attached hydrogens (primary N) is 1. The molecular weight excluding hydrogens is 272 g/mol. The first kappa shape index (κ1) is 17.0. The van der Waals surface area contributed by atoms with Crippen LogP contribution in [0.1, 0.15) is 38.8 Å². The molecule has 0 saturated heterocycles. The zero-order valence-corrected chi connectivity index (χ0v) is 13.2. The smallest absolute Gasteiger partial charge is 0.224 e. The van der Waals surface area contributed by atoms with Crippen LogP contribution in [0, 0.1) is 17.3 Å². The van der Waals surface area contributed by atoms with Crippen molar-refractivity contribution in [2.75, 3.05) is 6.54 Å². The van der Waals surface area contributed by atoms with Gasteiger partial charge in [-0.05, 0) is 23.3 Å². The van der Waals surface area contributed by atoms with Crippen LogP contribution in [0.5, 0.6) is 0 Å². The topological polar surface area (TPSA) is 55.1 Å². The molecule has 0 aromatic heterocycles. The molecule has 3 N–H and O–H groups in total. The van der Waals surface area contributed by atoms with Crippen molar-refractivity contribution in [1.82, 2.24) is 5.32 Å². The van der Waals surface area contributed by atoms with Gasteiger partial charge in [-0.25, -0.2) is 0 Å². The summed E-state index contributed by atoms with van der Waals surface area (Å²) < 4.78 is 0. The summed E-state index contributed by atoms with van der Waals surface area (Å²) in [6.07, 6.45) is 1.20. The van der Waals surface area contributed by atoms with E-state index in [0.717, 1.165) is 12.1 Å². The number of hydrogen-bond donors (Lipinski definition) is 2. The molecule has 1 saturated carbocycles. The highest BCUT2D eigenvalue weighted by atomic mass is 35.5. The Morgan fingerprint density at radius 3 is 2.45 bits per heavy atom. The van der Waals surface area contributed by atoms with E-state index in [-0.39, 0.29) is 30.3 Å². The third-order valence-electron chi connectivity index (χ3n) is 4.38. The number of nitrogens with one attached hydrogen (secondary N) is 1. The second-order valence-electron chi connectivity index (χ2n) is 6.36. The zero-order valence-electron chi connectivity index (χ0n) is 12.4. The number of rotatable bonds is 5. The first-order valence-electron chi connectivity index (χ1n) is 7.00. The summed E-state index contributed by atoms with van der Waals surface area (Å²) in [4.78, 5) is 12.1. The van der Waals surface area contributed by atoms with E-state index in [1.54, 1.807) is 0 Å². The van der Waals surface area contributed by atoms with Gasteiger partial charge in [0, 0.05) is 12.6 Å². The summed E-state index contributed by atoms with van der Waals surface area (Å²) in [5, 5.41) is 3.03. The van der Waals surface area contributed by atoms with Crippen molar-refractivity contribution in [2.24, 2.45) is 23.0 Å². The fourth-order valence-corrected chi connectivity index (χ4v) is 2.44. The summed E-state index contributed by atoms with van der Waals surface area (Å²) in [6.45, 7) is 7.15. The van der Waals surface area contributed by atoms with Crippen LogP contribution in [-0.2, 0) is 4.79 Å². The Labute approximate surface area is 127 Å². The van der Waals surface area contributed by atoms with Gasteiger partial charge in [0.25, 0.3) is 0 Å². The lowest BCUT2D eigenvalue weighted by Crippen LogP contribution is -2.36. The Bertz CT molecular complexity index is 447. The Kier molecular flexibility index (Phi) is 5.60. The molecule has 1 aliphatic rings. The van der Waals surface area contributed by atoms with Crippen LogP contribution in [0.15, 0.2) is 30.3 Å². The maximum absolute atomic E-state index is 12.1. The molecule has 1 amide bonds. The molecule has 1 fully saturated rings. The van der Waals surface area contributed by atoms with Gasteiger partial charge in [-0.15, -0.1) is 12.4 Å². The van der Waals surface area contributed by atoms with E-state index in [2.05, 4.69) is 19.2 Å². The van der Waals surface area contributed by atoms with Crippen molar-refractivity contribution < 1.29 is 4.79 Å². The maximum Gasteiger partial charge on any atom is 0.224 e. The van der Waals surface area contributed by atoms with Crippen LogP contribution in [0.4, 0.5) is 0 Å². The molecule has 3 unspecified atom stereocenters. The zero-order chi connectivity index (χ0) is 14.0.